The summed E-state index contributed by atoms with van der Waals surface area (Å²) >= 11 is 4.61. The lowest BCUT2D eigenvalue weighted by atomic mass is 10.2. The lowest BCUT2D eigenvalue weighted by molar-refractivity contribution is 0.102. The number of hydrogen-bond donors (Lipinski definition) is 2. The zero-order valence-corrected chi connectivity index (χ0v) is 19.5. The Bertz CT molecular complexity index is 1120. The van der Waals surface area contributed by atoms with E-state index in [0.29, 0.717) is 39.1 Å². The zero-order valence-electron chi connectivity index (χ0n) is 16.3. The Morgan fingerprint density at radius 2 is 1.93 bits per heavy atom. The van der Waals surface area contributed by atoms with E-state index in [1.165, 1.54) is 41.8 Å². The number of anilines is 2. The monoisotopic (exact) mass is 509 g/mol. The molecule has 1 aromatic heterocycles. The summed E-state index contributed by atoms with van der Waals surface area (Å²) in [6.45, 7) is 4.69. The lowest BCUT2D eigenvalue weighted by Gasteiger charge is -2.12. The average Bonchev–Trinajstić information content (AvgIpc) is 3.19. The molecule has 0 bridgehead atoms. The molecule has 1 amide bonds. The van der Waals surface area contributed by atoms with Crippen LogP contribution in [0.25, 0.3) is 0 Å². The van der Waals surface area contributed by atoms with E-state index in [9.17, 15) is 13.2 Å². The minimum absolute atomic E-state index is 0.0742. The molecule has 0 radical (unpaired) electrons. The molecule has 2 N–H and O–H groups in total. The molecule has 158 valence electrons. The molecule has 1 heterocycles. The molecule has 0 saturated carbocycles. The van der Waals surface area contributed by atoms with Crippen LogP contribution in [0.4, 0.5) is 10.8 Å². The maximum absolute atomic E-state index is 12.5. The first-order chi connectivity index (χ1) is 14.2. The number of sulfonamides is 1. The Hall–Kier alpha value is -2.43. The molecule has 2 aromatic carbocycles. The Morgan fingerprint density at radius 3 is 2.53 bits per heavy atom. The first-order valence-electron chi connectivity index (χ1n) is 9.00. The summed E-state index contributed by atoms with van der Waals surface area (Å²) in [5.74, 6) is 0.744. The van der Waals surface area contributed by atoms with Crippen molar-refractivity contribution < 1.29 is 17.9 Å². The zero-order chi connectivity index (χ0) is 21.7. The van der Waals surface area contributed by atoms with Gasteiger partial charge in [0.25, 0.3) is 15.9 Å². The molecular weight excluding hydrogens is 490 g/mol. The molecular formula is C20H20BrN3O4S2. The van der Waals surface area contributed by atoms with Gasteiger partial charge >= 0.3 is 0 Å². The van der Waals surface area contributed by atoms with Gasteiger partial charge in [-0.3, -0.25) is 9.52 Å². The fourth-order valence-electron chi connectivity index (χ4n) is 2.38. The second-order valence-electron chi connectivity index (χ2n) is 6.77. The summed E-state index contributed by atoms with van der Waals surface area (Å²) in [6, 6.07) is 11.0. The van der Waals surface area contributed by atoms with Gasteiger partial charge < -0.3 is 10.1 Å². The Morgan fingerprint density at radius 1 is 1.20 bits per heavy atom. The van der Waals surface area contributed by atoms with Gasteiger partial charge in [0.05, 0.1) is 16.0 Å². The first kappa shape index (κ1) is 22.3. The van der Waals surface area contributed by atoms with Crippen LogP contribution in [0.2, 0.25) is 0 Å². The summed E-state index contributed by atoms with van der Waals surface area (Å²) in [5, 5.41) is 4.72. The number of aromatic nitrogens is 1. The van der Waals surface area contributed by atoms with E-state index >= 15 is 0 Å². The summed E-state index contributed by atoms with van der Waals surface area (Å²) in [5.41, 5.74) is 0.922. The summed E-state index contributed by atoms with van der Waals surface area (Å²) in [4.78, 5) is 16.5. The molecule has 0 aliphatic rings. The van der Waals surface area contributed by atoms with Crippen molar-refractivity contribution in [3.05, 3.63) is 64.1 Å². The van der Waals surface area contributed by atoms with E-state index in [1.54, 1.807) is 23.6 Å². The van der Waals surface area contributed by atoms with Crippen molar-refractivity contribution in [3.8, 4) is 5.75 Å². The predicted octanol–water partition coefficient (Wildman–Crippen LogP) is 4.99. The van der Waals surface area contributed by atoms with Crippen LogP contribution in [0, 0.1) is 5.92 Å². The third kappa shape index (κ3) is 5.80. The third-order valence-electron chi connectivity index (χ3n) is 3.84. The average molecular weight is 510 g/mol. The van der Waals surface area contributed by atoms with Crippen LogP contribution in [0.5, 0.6) is 5.75 Å². The van der Waals surface area contributed by atoms with Crippen molar-refractivity contribution in [2.24, 2.45) is 5.92 Å². The SMILES string of the molecule is CC(C)COc1ccc(C(=O)Nc2ccc(S(=O)(=O)Nc3nccs3)cc2)cc1Br. The van der Waals surface area contributed by atoms with Crippen molar-refractivity contribution in [1.29, 1.82) is 0 Å². The van der Waals surface area contributed by atoms with E-state index in [4.69, 9.17) is 4.74 Å². The number of nitrogens with zero attached hydrogens (tertiary/aromatic N) is 1. The molecule has 30 heavy (non-hydrogen) atoms. The van der Waals surface area contributed by atoms with E-state index in [2.05, 4.69) is 44.8 Å². The Kier molecular flexibility index (Phi) is 7.11. The quantitative estimate of drug-likeness (QED) is 0.445. The van der Waals surface area contributed by atoms with Crippen molar-refractivity contribution in [1.82, 2.24) is 4.98 Å². The van der Waals surface area contributed by atoms with Gasteiger partial charge in [0.2, 0.25) is 0 Å². The minimum atomic E-state index is -3.74. The normalized spacial score (nSPS) is 11.3. The number of amides is 1. The molecule has 3 aromatic rings. The number of carbonyl (C=O) groups excluding carboxylic acids is 1. The number of halogens is 1. The number of hydrogen-bond acceptors (Lipinski definition) is 6. The van der Waals surface area contributed by atoms with E-state index in [1.807, 2.05) is 0 Å². The molecule has 0 saturated heterocycles. The lowest BCUT2D eigenvalue weighted by Crippen LogP contribution is -2.14. The molecule has 0 unspecified atom stereocenters. The number of ether oxygens (including phenoxy) is 1. The summed E-state index contributed by atoms with van der Waals surface area (Å²) < 4.78 is 33.5. The second-order valence-corrected chi connectivity index (χ2v) is 10.2. The van der Waals surface area contributed by atoms with Crippen molar-refractivity contribution >= 4 is 54.0 Å². The summed E-state index contributed by atoms with van der Waals surface area (Å²) in [6.07, 6.45) is 1.52. The van der Waals surface area contributed by atoms with E-state index < -0.39 is 10.0 Å². The number of benzene rings is 2. The van der Waals surface area contributed by atoms with Crippen molar-refractivity contribution in [3.63, 3.8) is 0 Å². The fourth-order valence-corrected chi connectivity index (χ4v) is 4.67. The van der Waals surface area contributed by atoms with Crippen LogP contribution in [-0.4, -0.2) is 25.9 Å². The van der Waals surface area contributed by atoms with E-state index in [-0.39, 0.29) is 10.8 Å². The van der Waals surface area contributed by atoms with Crippen LogP contribution in [-0.2, 0) is 10.0 Å². The fraction of sp³-hybridized carbons (Fsp3) is 0.200. The Labute approximate surface area is 187 Å². The summed E-state index contributed by atoms with van der Waals surface area (Å²) in [7, 11) is -3.74. The molecule has 0 aliphatic heterocycles. The molecule has 7 nitrogen and oxygen atoms in total. The van der Waals surface area contributed by atoms with Gasteiger partial charge in [0, 0.05) is 22.8 Å². The molecule has 0 aliphatic carbocycles. The topological polar surface area (TPSA) is 97.4 Å². The smallest absolute Gasteiger partial charge is 0.263 e. The van der Waals surface area contributed by atoms with Gasteiger partial charge in [-0.05, 0) is 64.3 Å². The number of thiazole rings is 1. The van der Waals surface area contributed by atoms with Crippen LogP contribution in [0.15, 0.2) is 63.4 Å². The number of nitrogens with one attached hydrogen (secondary N) is 2. The van der Waals surface area contributed by atoms with Crippen molar-refractivity contribution in [2.75, 3.05) is 16.6 Å². The van der Waals surface area contributed by atoms with Gasteiger partial charge in [-0.15, -0.1) is 11.3 Å². The highest BCUT2D eigenvalue weighted by atomic mass is 79.9. The van der Waals surface area contributed by atoms with E-state index in [0.717, 1.165) is 0 Å². The standard InChI is InChI=1S/C20H20BrN3O4S2/c1-13(2)12-28-18-8-3-14(11-17(18)21)19(25)23-15-4-6-16(7-5-15)30(26,27)24-20-22-9-10-29-20/h3-11,13H,12H2,1-2H3,(H,22,24)(H,23,25). The number of rotatable bonds is 8. The highest BCUT2D eigenvalue weighted by Crippen LogP contribution is 2.27. The highest BCUT2D eigenvalue weighted by Gasteiger charge is 2.16. The van der Waals surface area contributed by atoms with Crippen LogP contribution < -0.4 is 14.8 Å². The number of carbonyl (C=O) groups is 1. The van der Waals surface area contributed by atoms with Crippen LogP contribution in [0.1, 0.15) is 24.2 Å². The maximum atomic E-state index is 12.5. The van der Waals surface area contributed by atoms with Crippen LogP contribution >= 0.6 is 27.3 Å². The van der Waals surface area contributed by atoms with Gasteiger partial charge in [0.1, 0.15) is 5.75 Å². The maximum Gasteiger partial charge on any atom is 0.263 e. The largest absolute Gasteiger partial charge is 0.492 e. The molecule has 0 fully saturated rings. The molecule has 3 rings (SSSR count). The van der Waals surface area contributed by atoms with Crippen molar-refractivity contribution in [2.45, 2.75) is 18.7 Å². The van der Waals surface area contributed by atoms with Crippen LogP contribution in [0.3, 0.4) is 0 Å². The molecule has 0 atom stereocenters. The molecule has 0 spiro atoms. The predicted molar refractivity (Wildman–Crippen MR) is 122 cm³/mol. The third-order valence-corrected chi connectivity index (χ3v) is 6.64. The minimum Gasteiger partial charge on any atom is -0.492 e. The first-order valence-corrected chi connectivity index (χ1v) is 12.2. The Balaban J connectivity index is 1.66. The van der Waals surface area contributed by atoms with Gasteiger partial charge in [-0.1, -0.05) is 13.8 Å². The van der Waals surface area contributed by atoms with Gasteiger partial charge in [0.15, 0.2) is 5.13 Å². The highest BCUT2D eigenvalue weighted by molar-refractivity contribution is 9.10. The van der Waals surface area contributed by atoms with Gasteiger partial charge in [-0.25, -0.2) is 13.4 Å². The molecule has 10 heteroatoms. The second kappa shape index (κ2) is 9.59. The van der Waals surface area contributed by atoms with Gasteiger partial charge in [-0.2, -0.15) is 0 Å².